The molecule has 1 N–H and O–H groups in total. The molecule has 0 aliphatic carbocycles. The van der Waals surface area contributed by atoms with Crippen LogP contribution in [-0.4, -0.2) is 41.2 Å². The van der Waals surface area contributed by atoms with E-state index in [0.29, 0.717) is 6.42 Å². The first-order valence-electron chi connectivity index (χ1n) is 9.23. The van der Waals surface area contributed by atoms with Crippen LogP contribution in [0.5, 0.6) is 0 Å². The molecule has 8 heteroatoms. The molecular formula is C21H21N3O3S2. The Labute approximate surface area is 173 Å². The highest BCUT2D eigenvalue weighted by Crippen LogP contribution is 2.29. The Bertz CT molecular complexity index is 1150. The molecule has 150 valence electrons. The largest absolute Gasteiger partial charge is 0.346 e. The van der Waals surface area contributed by atoms with Crippen LogP contribution in [0.25, 0.3) is 22.3 Å². The number of nitrogens with one attached hydrogen (secondary N) is 1. The number of benzene rings is 1. The molecule has 0 spiro atoms. The maximum Gasteiger partial charge on any atom is 0.244 e. The van der Waals surface area contributed by atoms with Crippen molar-refractivity contribution in [1.82, 2.24) is 15.1 Å². The third-order valence-corrected chi connectivity index (χ3v) is 7.64. The SMILES string of the molecule is C[C@@]1(NC(=O)/C=C\c2cn(-c3ccccc3)nc2-c2cccs2)CCS(=O)(=O)C1. The van der Waals surface area contributed by atoms with Gasteiger partial charge in [0, 0.05) is 17.8 Å². The molecule has 1 fully saturated rings. The van der Waals surface area contributed by atoms with Gasteiger partial charge in [-0.25, -0.2) is 13.1 Å². The zero-order valence-electron chi connectivity index (χ0n) is 15.9. The molecule has 3 aromatic rings. The smallest absolute Gasteiger partial charge is 0.244 e. The van der Waals surface area contributed by atoms with Crippen molar-refractivity contribution in [2.24, 2.45) is 0 Å². The molecule has 1 amide bonds. The lowest BCUT2D eigenvalue weighted by molar-refractivity contribution is -0.117. The molecule has 1 atom stereocenters. The minimum Gasteiger partial charge on any atom is -0.346 e. The van der Waals surface area contributed by atoms with Gasteiger partial charge in [-0.05, 0) is 43.0 Å². The average Bonchev–Trinajstić information content (AvgIpc) is 3.39. The van der Waals surface area contributed by atoms with Crippen LogP contribution in [0.2, 0.25) is 0 Å². The highest BCUT2D eigenvalue weighted by molar-refractivity contribution is 7.91. The van der Waals surface area contributed by atoms with E-state index in [1.807, 2.05) is 54.0 Å². The van der Waals surface area contributed by atoms with Gasteiger partial charge in [0.15, 0.2) is 9.84 Å². The summed E-state index contributed by atoms with van der Waals surface area (Å²) in [5.41, 5.74) is 1.82. The van der Waals surface area contributed by atoms with Gasteiger partial charge >= 0.3 is 0 Å². The molecule has 3 heterocycles. The van der Waals surface area contributed by atoms with Crippen molar-refractivity contribution in [3.63, 3.8) is 0 Å². The van der Waals surface area contributed by atoms with E-state index >= 15 is 0 Å². The first-order chi connectivity index (χ1) is 13.8. The Morgan fingerprint density at radius 1 is 1.24 bits per heavy atom. The molecule has 4 rings (SSSR count). The molecule has 0 saturated carbocycles. The number of hydrogen-bond acceptors (Lipinski definition) is 5. The summed E-state index contributed by atoms with van der Waals surface area (Å²) in [6.07, 6.45) is 5.49. The minimum atomic E-state index is -3.08. The van der Waals surface area contributed by atoms with Gasteiger partial charge in [-0.3, -0.25) is 4.79 Å². The van der Waals surface area contributed by atoms with Gasteiger partial charge in [0.05, 0.1) is 27.6 Å². The van der Waals surface area contributed by atoms with Gasteiger partial charge in [0.25, 0.3) is 0 Å². The summed E-state index contributed by atoms with van der Waals surface area (Å²) in [6.45, 7) is 1.77. The molecule has 2 aromatic heterocycles. The zero-order valence-corrected chi connectivity index (χ0v) is 17.5. The van der Waals surface area contributed by atoms with Crippen LogP contribution in [0.15, 0.2) is 60.1 Å². The Morgan fingerprint density at radius 2 is 2.03 bits per heavy atom. The van der Waals surface area contributed by atoms with E-state index < -0.39 is 15.4 Å². The topological polar surface area (TPSA) is 81.1 Å². The first-order valence-corrected chi connectivity index (χ1v) is 11.9. The van der Waals surface area contributed by atoms with Crippen molar-refractivity contribution in [3.8, 4) is 16.3 Å². The highest BCUT2D eigenvalue weighted by Gasteiger charge is 2.39. The second kappa shape index (κ2) is 7.61. The van der Waals surface area contributed by atoms with E-state index in [9.17, 15) is 13.2 Å². The van der Waals surface area contributed by atoms with Crippen molar-refractivity contribution < 1.29 is 13.2 Å². The minimum absolute atomic E-state index is 0.0219. The van der Waals surface area contributed by atoms with Crippen LogP contribution in [0.1, 0.15) is 18.9 Å². The number of thiophene rings is 1. The number of carbonyl (C=O) groups is 1. The van der Waals surface area contributed by atoms with E-state index in [2.05, 4.69) is 5.32 Å². The normalized spacial score (nSPS) is 20.9. The van der Waals surface area contributed by atoms with Crippen molar-refractivity contribution in [1.29, 1.82) is 0 Å². The number of nitrogens with zero attached hydrogens (tertiary/aromatic N) is 2. The van der Waals surface area contributed by atoms with E-state index in [1.165, 1.54) is 6.08 Å². The van der Waals surface area contributed by atoms with Crippen molar-refractivity contribution in [2.45, 2.75) is 18.9 Å². The molecule has 1 aliphatic heterocycles. The fourth-order valence-electron chi connectivity index (χ4n) is 3.44. The number of carbonyl (C=O) groups excluding carboxylic acids is 1. The highest BCUT2D eigenvalue weighted by atomic mass is 32.2. The van der Waals surface area contributed by atoms with Gasteiger partial charge in [-0.15, -0.1) is 11.3 Å². The Hall–Kier alpha value is -2.71. The number of hydrogen-bond donors (Lipinski definition) is 1. The van der Waals surface area contributed by atoms with Crippen molar-refractivity contribution in [2.75, 3.05) is 11.5 Å². The fraction of sp³-hybridized carbons (Fsp3) is 0.238. The zero-order chi connectivity index (χ0) is 20.5. The molecule has 1 saturated heterocycles. The summed E-state index contributed by atoms with van der Waals surface area (Å²) in [5, 5.41) is 9.53. The van der Waals surface area contributed by atoms with Crippen molar-refractivity contribution >= 4 is 33.2 Å². The Kier molecular flexibility index (Phi) is 5.14. The third-order valence-electron chi connectivity index (χ3n) is 4.86. The van der Waals surface area contributed by atoms with Crippen LogP contribution in [0.4, 0.5) is 0 Å². The molecule has 0 bridgehead atoms. The van der Waals surface area contributed by atoms with E-state index in [1.54, 1.807) is 29.0 Å². The standard InChI is InChI=1S/C21H21N3O3S2/c1-21(11-13-29(26,27)15-21)22-19(25)10-9-16-14-24(17-6-3-2-4-7-17)23-20(16)18-8-5-12-28-18/h2-10,12,14H,11,13,15H2,1H3,(H,22,25)/b10-9-/t21-/m1/s1. The lowest BCUT2D eigenvalue weighted by Gasteiger charge is -2.22. The molecule has 0 unspecified atom stereocenters. The summed E-state index contributed by atoms with van der Waals surface area (Å²) >= 11 is 1.58. The second-order valence-electron chi connectivity index (χ2n) is 7.42. The van der Waals surface area contributed by atoms with E-state index in [4.69, 9.17) is 5.10 Å². The molecule has 0 radical (unpaired) electrons. The molecular weight excluding hydrogens is 406 g/mol. The summed E-state index contributed by atoms with van der Waals surface area (Å²) in [4.78, 5) is 13.5. The summed E-state index contributed by atoms with van der Waals surface area (Å²) < 4.78 is 25.3. The molecule has 1 aliphatic rings. The monoisotopic (exact) mass is 427 g/mol. The Morgan fingerprint density at radius 3 is 2.69 bits per heavy atom. The van der Waals surface area contributed by atoms with Gasteiger partial charge < -0.3 is 5.32 Å². The third kappa shape index (κ3) is 4.49. The second-order valence-corrected chi connectivity index (χ2v) is 10.5. The molecule has 29 heavy (non-hydrogen) atoms. The van der Waals surface area contributed by atoms with Crippen molar-refractivity contribution in [3.05, 3.63) is 65.7 Å². The fourth-order valence-corrected chi connectivity index (χ4v) is 6.26. The lowest BCUT2D eigenvalue weighted by atomic mass is 10.0. The number of para-hydroxylation sites is 1. The predicted molar refractivity (Wildman–Crippen MR) is 116 cm³/mol. The number of amides is 1. The Balaban J connectivity index is 1.59. The van der Waals surface area contributed by atoms with Gasteiger partial charge in [-0.1, -0.05) is 24.3 Å². The average molecular weight is 428 g/mol. The van der Waals surface area contributed by atoms with Crippen LogP contribution in [-0.2, 0) is 14.6 Å². The van der Waals surface area contributed by atoms with Crippen LogP contribution >= 0.6 is 11.3 Å². The molecule has 6 nitrogen and oxygen atoms in total. The summed E-state index contributed by atoms with van der Waals surface area (Å²) in [7, 11) is -3.08. The van der Waals surface area contributed by atoms with Gasteiger partial charge in [-0.2, -0.15) is 5.10 Å². The molecule has 1 aromatic carbocycles. The van der Waals surface area contributed by atoms with Gasteiger partial charge in [0.2, 0.25) is 5.91 Å². The summed E-state index contributed by atoms with van der Waals surface area (Å²) in [5.74, 6) is -0.222. The van der Waals surface area contributed by atoms with Crippen LogP contribution in [0.3, 0.4) is 0 Å². The maximum absolute atomic E-state index is 12.4. The van der Waals surface area contributed by atoms with Crippen LogP contribution < -0.4 is 5.32 Å². The first kappa shape index (κ1) is 19.6. The number of rotatable bonds is 5. The quantitative estimate of drug-likeness (QED) is 0.634. The van der Waals surface area contributed by atoms with E-state index in [-0.39, 0.29) is 17.4 Å². The van der Waals surface area contributed by atoms with Gasteiger partial charge in [0.1, 0.15) is 5.69 Å². The lowest BCUT2D eigenvalue weighted by Crippen LogP contribution is -2.46. The number of aromatic nitrogens is 2. The maximum atomic E-state index is 12.4. The van der Waals surface area contributed by atoms with E-state index in [0.717, 1.165) is 21.8 Å². The van der Waals surface area contributed by atoms with Crippen LogP contribution in [0, 0.1) is 0 Å². The predicted octanol–water partition coefficient (Wildman–Crippen LogP) is 3.31. The summed E-state index contributed by atoms with van der Waals surface area (Å²) in [6, 6.07) is 13.7. The number of sulfone groups is 1.